The molecule has 3 atom stereocenters. The van der Waals surface area contributed by atoms with Crippen LogP contribution in [0.25, 0.3) is 0 Å². The fraction of sp³-hybridized carbons (Fsp3) is 0.750. The quantitative estimate of drug-likeness (QED) is 0.194. The molecule has 0 amide bonds. The largest absolute Gasteiger partial charge is 0.466 e. The van der Waals surface area contributed by atoms with Crippen molar-refractivity contribution in [1.29, 1.82) is 5.41 Å². The highest BCUT2D eigenvalue weighted by atomic mass is 32.2. The first-order chi connectivity index (χ1) is 12.0. The van der Waals surface area contributed by atoms with E-state index >= 15 is 0 Å². The Kier molecular flexibility index (Phi) is 11.7. The van der Waals surface area contributed by atoms with E-state index in [9.17, 15) is 14.4 Å². The summed E-state index contributed by atoms with van der Waals surface area (Å²) in [5, 5.41) is 8.20. The van der Waals surface area contributed by atoms with Crippen molar-refractivity contribution in [2.45, 2.75) is 51.8 Å². The van der Waals surface area contributed by atoms with Crippen molar-refractivity contribution in [3.05, 3.63) is 0 Å². The number of ether oxygens (including phenoxy) is 4. The molecule has 0 saturated carbocycles. The molecule has 0 unspecified atom stereocenters. The molecular weight excluding hydrogens is 364 g/mol. The highest BCUT2D eigenvalue weighted by molar-refractivity contribution is 8.14. The Hall–Kier alpha value is -1.81. The third-order valence-electron chi connectivity index (χ3n) is 2.96. The van der Waals surface area contributed by atoms with E-state index in [4.69, 9.17) is 24.4 Å². The van der Waals surface area contributed by atoms with Gasteiger partial charge in [-0.05, 0) is 6.92 Å². The number of thioether (sulfide) groups is 1. The van der Waals surface area contributed by atoms with Crippen LogP contribution in [-0.2, 0) is 33.3 Å². The maximum absolute atomic E-state index is 11.2. The summed E-state index contributed by atoms with van der Waals surface area (Å²) in [5.41, 5.74) is -0.567. The summed E-state index contributed by atoms with van der Waals surface area (Å²) in [4.78, 5) is 34.9. The SMILES string of the molecule is CC(=O)OCC[C@H](O[C@H](COC(C)=O)[C@H](C)OC(C)=O)SC(=N)N(C)C. The molecule has 1 N–H and O–H groups in total. The van der Waals surface area contributed by atoms with Crippen molar-refractivity contribution < 1.29 is 33.3 Å². The van der Waals surface area contributed by atoms with Gasteiger partial charge in [0.25, 0.3) is 0 Å². The molecule has 0 rings (SSSR count). The van der Waals surface area contributed by atoms with Crippen LogP contribution >= 0.6 is 11.8 Å². The van der Waals surface area contributed by atoms with E-state index in [1.54, 1.807) is 25.9 Å². The number of esters is 3. The third kappa shape index (κ3) is 11.7. The smallest absolute Gasteiger partial charge is 0.302 e. The predicted octanol–water partition coefficient (Wildman–Crippen LogP) is 1.40. The van der Waals surface area contributed by atoms with Gasteiger partial charge < -0.3 is 23.8 Å². The van der Waals surface area contributed by atoms with Crippen molar-refractivity contribution in [1.82, 2.24) is 4.90 Å². The standard InChI is InChI=1S/C16H28N2O7S/c1-10(24-13(4)21)14(9-23-12(3)20)25-15(7-8-22-11(2)19)26-16(17)18(5)6/h10,14-15,17H,7-9H2,1-6H3/t10-,14+,15+/m0/s1. The van der Waals surface area contributed by atoms with Gasteiger partial charge in [-0.2, -0.15) is 0 Å². The van der Waals surface area contributed by atoms with Gasteiger partial charge in [0.05, 0.1) is 6.61 Å². The zero-order chi connectivity index (χ0) is 20.3. The second-order valence-corrected chi connectivity index (χ2v) is 6.82. The Labute approximate surface area is 158 Å². The molecule has 0 aliphatic heterocycles. The van der Waals surface area contributed by atoms with Crippen LogP contribution in [0.4, 0.5) is 0 Å². The van der Waals surface area contributed by atoms with E-state index in [2.05, 4.69) is 0 Å². The summed E-state index contributed by atoms with van der Waals surface area (Å²) in [6.07, 6.45) is -1.09. The Morgan fingerprint density at radius 2 is 1.62 bits per heavy atom. The minimum atomic E-state index is -0.729. The molecular formula is C16H28N2O7S. The van der Waals surface area contributed by atoms with Crippen LogP contribution in [-0.4, -0.2) is 72.9 Å². The maximum Gasteiger partial charge on any atom is 0.302 e. The summed E-state index contributed by atoms with van der Waals surface area (Å²) in [5.74, 6) is -1.39. The summed E-state index contributed by atoms with van der Waals surface area (Å²) in [6, 6.07) is 0. The second-order valence-electron chi connectivity index (χ2n) is 5.67. The maximum atomic E-state index is 11.2. The van der Waals surface area contributed by atoms with E-state index < -0.39 is 35.6 Å². The van der Waals surface area contributed by atoms with E-state index in [0.29, 0.717) is 6.42 Å². The topological polar surface area (TPSA) is 115 Å². The number of carbonyl (C=O) groups is 3. The van der Waals surface area contributed by atoms with Crippen LogP contribution in [0.5, 0.6) is 0 Å². The van der Waals surface area contributed by atoms with Crippen LogP contribution in [0.3, 0.4) is 0 Å². The molecule has 10 heteroatoms. The van der Waals surface area contributed by atoms with Gasteiger partial charge in [0, 0.05) is 41.3 Å². The normalized spacial score (nSPS) is 13.9. The lowest BCUT2D eigenvalue weighted by Gasteiger charge is -2.28. The van der Waals surface area contributed by atoms with Gasteiger partial charge in [-0.25, -0.2) is 0 Å². The van der Waals surface area contributed by atoms with Gasteiger partial charge in [0.15, 0.2) is 5.17 Å². The average molecular weight is 392 g/mol. The second kappa shape index (κ2) is 12.5. The molecule has 0 aliphatic carbocycles. The van der Waals surface area contributed by atoms with Crippen LogP contribution < -0.4 is 0 Å². The Balaban J connectivity index is 5.07. The number of rotatable bonds is 10. The Morgan fingerprint density at radius 1 is 1.04 bits per heavy atom. The van der Waals surface area contributed by atoms with E-state index in [0.717, 1.165) is 11.8 Å². The highest BCUT2D eigenvalue weighted by Crippen LogP contribution is 2.22. The molecule has 0 bridgehead atoms. The van der Waals surface area contributed by atoms with Crippen molar-refractivity contribution >= 4 is 34.8 Å². The number of amidine groups is 1. The molecule has 0 fully saturated rings. The van der Waals surface area contributed by atoms with E-state index in [1.165, 1.54) is 20.8 Å². The van der Waals surface area contributed by atoms with Crippen molar-refractivity contribution in [2.24, 2.45) is 0 Å². The summed E-state index contributed by atoms with van der Waals surface area (Å²) >= 11 is 1.12. The first-order valence-corrected chi connectivity index (χ1v) is 8.92. The van der Waals surface area contributed by atoms with Crippen molar-refractivity contribution in [3.63, 3.8) is 0 Å². The Bertz CT molecular complexity index is 499. The zero-order valence-corrected chi connectivity index (χ0v) is 16.9. The monoisotopic (exact) mass is 392 g/mol. The highest BCUT2D eigenvalue weighted by Gasteiger charge is 2.27. The average Bonchev–Trinajstić information content (AvgIpc) is 2.49. The number of nitrogens with zero attached hydrogens (tertiary/aromatic N) is 1. The van der Waals surface area contributed by atoms with Gasteiger partial charge in [-0.1, -0.05) is 11.8 Å². The predicted molar refractivity (Wildman–Crippen MR) is 96.8 cm³/mol. The minimum Gasteiger partial charge on any atom is -0.466 e. The van der Waals surface area contributed by atoms with E-state index in [1.807, 2.05) is 0 Å². The molecule has 0 aromatic heterocycles. The van der Waals surface area contributed by atoms with Crippen molar-refractivity contribution in [2.75, 3.05) is 27.3 Å². The minimum absolute atomic E-state index is 0.107. The van der Waals surface area contributed by atoms with Crippen LogP contribution in [0, 0.1) is 5.41 Å². The summed E-state index contributed by atoms with van der Waals surface area (Å²) < 4.78 is 21.0. The van der Waals surface area contributed by atoms with E-state index in [-0.39, 0.29) is 18.4 Å². The molecule has 0 saturated heterocycles. The third-order valence-corrected chi connectivity index (χ3v) is 4.16. The molecule has 9 nitrogen and oxygen atoms in total. The summed E-state index contributed by atoms with van der Waals surface area (Å²) in [6.45, 7) is 5.47. The molecule has 0 aromatic rings. The number of carbonyl (C=O) groups excluding carboxylic acids is 3. The lowest BCUT2D eigenvalue weighted by molar-refractivity contribution is -0.163. The van der Waals surface area contributed by atoms with Gasteiger partial charge in [-0.15, -0.1) is 0 Å². The fourth-order valence-corrected chi connectivity index (χ4v) is 2.57. The molecule has 150 valence electrons. The zero-order valence-electron chi connectivity index (χ0n) is 16.1. The lowest BCUT2D eigenvalue weighted by atomic mass is 10.2. The van der Waals surface area contributed by atoms with Gasteiger partial charge in [0.1, 0.15) is 24.3 Å². The molecule has 0 radical (unpaired) electrons. The first-order valence-electron chi connectivity index (χ1n) is 8.04. The molecule has 0 aromatic carbocycles. The Morgan fingerprint density at radius 3 is 2.08 bits per heavy atom. The summed E-state index contributed by atoms with van der Waals surface area (Å²) in [7, 11) is 3.44. The van der Waals surface area contributed by atoms with Gasteiger partial charge in [0.2, 0.25) is 0 Å². The lowest BCUT2D eigenvalue weighted by Crippen LogP contribution is -2.38. The van der Waals surface area contributed by atoms with Crippen LogP contribution in [0.15, 0.2) is 0 Å². The fourth-order valence-electron chi connectivity index (χ4n) is 1.70. The number of nitrogens with one attached hydrogen (secondary N) is 1. The molecule has 0 heterocycles. The first kappa shape index (κ1) is 24.2. The van der Waals surface area contributed by atoms with Crippen LogP contribution in [0.1, 0.15) is 34.1 Å². The van der Waals surface area contributed by atoms with Gasteiger partial charge >= 0.3 is 17.9 Å². The molecule has 0 aliphatic rings. The van der Waals surface area contributed by atoms with Gasteiger partial charge in [-0.3, -0.25) is 19.8 Å². The number of hydrogen-bond acceptors (Lipinski definition) is 9. The van der Waals surface area contributed by atoms with Crippen LogP contribution in [0.2, 0.25) is 0 Å². The molecule has 0 spiro atoms. The molecule has 26 heavy (non-hydrogen) atoms. The van der Waals surface area contributed by atoms with Crippen molar-refractivity contribution in [3.8, 4) is 0 Å². The number of hydrogen-bond donors (Lipinski definition) is 1.